The second-order valence-corrected chi connectivity index (χ2v) is 18.5. The van der Waals surface area contributed by atoms with Crippen LogP contribution in [-0.4, -0.2) is 72.3 Å². The Balaban J connectivity index is 1.20. The highest BCUT2D eigenvalue weighted by Crippen LogP contribution is 2.62. The molecule has 3 aliphatic carbocycles. The van der Waals surface area contributed by atoms with E-state index in [1.54, 1.807) is 13.2 Å². The number of rotatable bonds is 20. The lowest BCUT2D eigenvalue weighted by molar-refractivity contribution is -0.258. The fourth-order valence-electron chi connectivity index (χ4n) is 11.6. The maximum atomic E-state index is 15.2. The number of oxime groups is 1. The average Bonchev–Trinajstić information content (AvgIpc) is 4.04. The van der Waals surface area contributed by atoms with Crippen LogP contribution in [0.1, 0.15) is 101 Å². The SMILES string of the molecule is C=CCOC12Oc3ccc(Oc4ccc5ccccc5c4)cc3C3C(CCCCO)C(CCCCO)C=C(C(=NOC)CC1N(Cc1ccc4c(c1)OCO4)C(=O)CCC1CCCC1)C32. The zero-order valence-corrected chi connectivity index (χ0v) is 37.7. The van der Waals surface area contributed by atoms with Gasteiger partial charge in [0, 0.05) is 44.1 Å². The number of allylic oxidation sites excluding steroid dienone is 1. The number of aliphatic hydroxyl groups is 2. The number of carbonyl (C=O) groups is 1. The van der Waals surface area contributed by atoms with Gasteiger partial charge in [0.05, 0.1) is 18.2 Å². The van der Waals surface area contributed by atoms with Crippen molar-refractivity contribution in [1.29, 1.82) is 0 Å². The quantitative estimate of drug-likeness (QED) is 0.0506. The molecule has 2 N–H and O–H groups in total. The average molecular weight is 885 g/mol. The van der Waals surface area contributed by atoms with Gasteiger partial charge in [0.25, 0.3) is 0 Å². The van der Waals surface area contributed by atoms with Crippen LogP contribution in [0, 0.1) is 23.7 Å². The summed E-state index contributed by atoms with van der Waals surface area (Å²) in [6, 6.07) is 25.7. The first kappa shape index (κ1) is 44.8. The molecule has 0 bridgehead atoms. The van der Waals surface area contributed by atoms with E-state index in [2.05, 4.69) is 43.0 Å². The van der Waals surface area contributed by atoms with Crippen LogP contribution in [-0.2, 0) is 20.9 Å². The predicted molar refractivity (Wildman–Crippen MR) is 250 cm³/mol. The third kappa shape index (κ3) is 9.38. The van der Waals surface area contributed by atoms with Gasteiger partial charge in [-0.2, -0.15) is 0 Å². The zero-order chi connectivity index (χ0) is 44.8. The molecule has 4 aromatic rings. The van der Waals surface area contributed by atoms with Crippen molar-refractivity contribution in [2.45, 2.75) is 108 Å². The Morgan fingerprint density at radius 3 is 2.43 bits per heavy atom. The van der Waals surface area contributed by atoms with Crippen molar-refractivity contribution in [1.82, 2.24) is 4.90 Å². The smallest absolute Gasteiger partial charge is 0.239 e. The standard InChI is InChI=1S/C54H64N2O9/c1-3-28-63-54-50(56(51(59)25-19-36-12-4-5-13-36)34-37-18-23-48-49(29-37)62-35-61-48)33-46(55-60-2)44-31-40(16-8-10-26-57)43(17-9-11-27-58)52(53(44)54)45-32-42(22-24-47(45)65-54)64-41-21-20-38-14-6-7-15-39(38)30-41/h3,6-7,14-15,18,20-24,29-32,36,40,43,50,52-53,57-58H,1,4-5,8-13,16-17,19,25-28,33-35H2,2H3. The van der Waals surface area contributed by atoms with Crippen LogP contribution in [0.25, 0.3) is 10.8 Å². The van der Waals surface area contributed by atoms with Crippen molar-refractivity contribution in [3.05, 3.63) is 114 Å². The van der Waals surface area contributed by atoms with Crippen molar-refractivity contribution in [2.24, 2.45) is 28.8 Å². The summed E-state index contributed by atoms with van der Waals surface area (Å²) >= 11 is 0. The molecular weight excluding hydrogens is 821 g/mol. The largest absolute Gasteiger partial charge is 0.459 e. The summed E-state index contributed by atoms with van der Waals surface area (Å²) in [5.74, 6) is 2.24. The molecule has 2 fully saturated rings. The van der Waals surface area contributed by atoms with E-state index in [9.17, 15) is 10.2 Å². The first-order valence-electron chi connectivity index (χ1n) is 23.9. The number of hydrogen-bond donors (Lipinski definition) is 2. The summed E-state index contributed by atoms with van der Waals surface area (Å²) in [6.07, 6.45) is 15.2. The van der Waals surface area contributed by atoms with Gasteiger partial charge >= 0.3 is 0 Å². The monoisotopic (exact) mass is 884 g/mol. The van der Waals surface area contributed by atoms with Crippen LogP contribution >= 0.6 is 0 Å². The molecule has 0 aromatic heterocycles. The Kier molecular flexibility index (Phi) is 14.1. The number of carbonyl (C=O) groups excluding carboxylic acids is 1. The van der Waals surface area contributed by atoms with E-state index in [-0.39, 0.29) is 50.3 Å². The fourth-order valence-corrected chi connectivity index (χ4v) is 11.6. The molecule has 344 valence electrons. The molecule has 5 aliphatic rings. The molecule has 9 rings (SSSR count). The van der Waals surface area contributed by atoms with Gasteiger partial charge in [0.15, 0.2) is 11.5 Å². The van der Waals surface area contributed by atoms with E-state index in [4.69, 9.17) is 33.7 Å². The van der Waals surface area contributed by atoms with Crippen LogP contribution in [0.3, 0.4) is 0 Å². The van der Waals surface area contributed by atoms with Gasteiger partial charge in [0.2, 0.25) is 18.5 Å². The molecule has 0 radical (unpaired) electrons. The van der Waals surface area contributed by atoms with E-state index in [0.717, 1.165) is 83.9 Å². The minimum absolute atomic E-state index is 0.0348. The van der Waals surface area contributed by atoms with Crippen molar-refractivity contribution in [2.75, 3.05) is 33.7 Å². The molecule has 11 nitrogen and oxygen atoms in total. The Hall–Kier alpha value is -5.36. The highest BCUT2D eigenvalue weighted by atomic mass is 16.7. The molecule has 4 aromatic carbocycles. The molecule has 2 heterocycles. The van der Waals surface area contributed by atoms with Crippen molar-refractivity contribution < 1.29 is 43.5 Å². The third-order valence-electron chi connectivity index (χ3n) is 14.5. The number of amides is 1. The number of nitrogens with zero attached hydrogens (tertiary/aromatic N) is 2. The Morgan fingerprint density at radius 1 is 0.877 bits per heavy atom. The van der Waals surface area contributed by atoms with E-state index in [1.165, 1.54) is 12.8 Å². The summed E-state index contributed by atoms with van der Waals surface area (Å²) in [5, 5.41) is 27.0. The minimum Gasteiger partial charge on any atom is -0.459 e. The maximum Gasteiger partial charge on any atom is 0.239 e. The fraction of sp³-hybridized carbons (Fsp3) is 0.481. The summed E-state index contributed by atoms with van der Waals surface area (Å²) < 4.78 is 33.0. The molecule has 6 unspecified atom stereocenters. The molecule has 2 saturated carbocycles. The Morgan fingerprint density at radius 2 is 1.63 bits per heavy atom. The van der Waals surface area contributed by atoms with Crippen LogP contribution in [0.5, 0.6) is 28.7 Å². The second-order valence-electron chi connectivity index (χ2n) is 18.5. The van der Waals surface area contributed by atoms with Crippen LogP contribution < -0.4 is 18.9 Å². The summed E-state index contributed by atoms with van der Waals surface area (Å²) in [4.78, 5) is 22.9. The van der Waals surface area contributed by atoms with Gasteiger partial charge in [0.1, 0.15) is 30.4 Å². The van der Waals surface area contributed by atoms with Crippen molar-refractivity contribution in [3.63, 3.8) is 0 Å². The third-order valence-corrected chi connectivity index (χ3v) is 14.5. The van der Waals surface area contributed by atoms with Gasteiger partial charge in [-0.1, -0.05) is 92.2 Å². The topological polar surface area (TPSA) is 129 Å². The van der Waals surface area contributed by atoms with Gasteiger partial charge < -0.3 is 43.6 Å². The highest BCUT2D eigenvalue weighted by molar-refractivity contribution is 6.03. The number of fused-ring (bicyclic) bond motifs is 4. The van der Waals surface area contributed by atoms with Gasteiger partial charge in [-0.25, -0.2) is 0 Å². The van der Waals surface area contributed by atoms with Gasteiger partial charge in [-0.3, -0.25) is 4.79 Å². The van der Waals surface area contributed by atoms with Crippen LogP contribution in [0.4, 0.5) is 0 Å². The number of benzene rings is 4. The number of hydrogen-bond acceptors (Lipinski definition) is 10. The molecule has 6 atom stereocenters. The summed E-state index contributed by atoms with van der Waals surface area (Å²) in [6.45, 7) is 4.97. The summed E-state index contributed by atoms with van der Waals surface area (Å²) in [5.41, 5.74) is 3.68. The normalized spacial score (nSPS) is 24.8. The molecule has 11 heteroatoms. The maximum absolute atomic E-state index is 15.2. The number of aliphatic hydroxyl groups excluding tert-OH is 2. The lowest BCUT2D eigenvalue weighted by Gasteiger charge is -2.60. The first-order valence-corrected chi connectivity index (χ1v) is 23.9. The van der Waals surface area contributed by atoms with E-state index >= 15 is 4.79 Å². The van der Waals surface area contributed by atoms with Crippen LogP contribution in [0.15, 0.2) is 108 Å². The molecular formula is C54H64N2O9. The first-order chi connectivity index (χ1) is 31.9. The van der Waals surface area contributed by atoms with Crippen molar-refractivity contribution in [3.8, 4) is 28.7 Å². The van der Waals surface area contributed by atoms with E-state index in [0.29, 0.717) is 61.1 Å². The van der Waals surface area contributed by atoms with Gasteiger partial charge in [-0.05, 0) is 114 Å². The lowest BCUT2D eigenvalue weighted by atomic mass is 9.55. The molecule has 0 saturated heterocycles. The predicted octanol–water partition coefficient (Wildman–Crippen LogP) is 10.6. The van der Waals surface area contributed by atoms with E-state index in [1.807, 2.05) is 53.4 Å². The molecule has 2 aliphatic heterocycles. The molecule has 65 heavy (non-hydrogen) atoms. The number of ether oxygens (including phenoxy) is 5. The number of unbranched alkanes of at least 4 members (excludes halogenated alkanes) is 2. The lowest BCUT2D eigenvalue weighted by Crippen LogP contribution is -2.70. The summed E-state index contributed by atoms with van der Waals surface area (Å²) in [7, 11) is 1.58. The highest BCUT2D eigenvalue weighted by Gasteiger charge is 2.65. The minimum atomic E-state index is -1.37. The Bertz CT molecular complexity index is 2370. The molecule has 0 spiro atoms. The Labute approximate surface area is 383 Å². The second kappa shape index (κ2) is 20.4. The van der Waals surface area contributed by atoms with Crippen LogP contribution in [0.2, 0.25) is 0 Å². The van der Waals surface area contributed by atoms with E-state index < -0.39 is 17.7 Å². The molecule has 1 amide bonds. The van der Waals surface area contributed by atoms with Gasteiger partial charge in [-0.15, -0.1) is 6.58 Å². The van der Waals surface area contributed by atoms with Crippen molar-refractivity contribution >= 4 is 22.4 Å². The zero-order valence-electron chi connectivity index (χ0n) is 37.7.